The van der Waals surface area contributed by atoms with Gasteiger partial charge in [-0.15, -0.1) is 0 Å². The third-order valence-corrected chi connectivity index (χ3v) is 5.84. The number of rotatable bonds is 6. The predicted octanol–water partition coefficient (Wildman–Crippen LogP) is 3.09. The number of anilines is 2. The van der Waals surface area contributed by atoms with Crippen molar-refractivity contribution >= 4 is 28.7 Å². The molecule has 10 heteroatoms. The Morgan fingerprint density at radius 2 is 2.03 bits per heavy atom. The van der Waals surface area contributed by atoms with E-state index in [0.717, 1.165) is 32.1 Å². The first-order valence-corrected chi connectivity index (χ1v) is 11.1. The monoisotopic (exact) mass is 454 g/mol. The summed E-state index contributed by atoms with van der Waals surface area (Å²) in [7, 11) is 1.67. The molecule has 0 bridgehead atoms. The van der Waals surface area contributed by atoms with Gasteiger partial charge in [0.15, 0.2) is 0 Å². The number of hydrogen-bond donors (Lipinski definition) is 4. The molecule has 1 aromatic carbocycles. The molecular weight excluding hydrogens is 427 g/mol. The van der Waals surface area contributed by atoms with Crippen molar-refractivity contribution in [1.29, 1.82) is 0 Å². The van der Waals surface area contributed by atoms with E-state index in [-0.39, 0.29) is 36.0 Å². The van der Waals surface area contributed by atoms with Crippen molar-refractivity contribution in [2.24, 2.45) is 0 Å². The number of fused-ring (bicyclic) bond motifs is 1. The number of carbonyl (C=O) groups is 1. The standard InChI is InChI=1S/C23H27FN6O3/c1-25-22-26-13-15-11-17(21(32)30(9-10-31)20(15)29-22)14-7-8-18(24)19(12-14)28-23(33)27-16-5-3-2-4-6-16/h7-8,11-13,16,31H,2-6,9-10H2,1H3,(H,25,26,29)(H2,27,28,33). The fraction of sp³-hybridized carbons (Fsp3) is 0.391. The minimum absolute atomic E-state index is 0.0178. The highest BCUT2D eigenvalue weighted by Crippen LogP contribution is 2.26. The van der Waals surface area contributed by atoms with Crippen molar-refractivity contribution in [1.82, 2.24) is 19.9 Å². The summed E-state index contributed by atoms with van der Waals surface area (Å²) < 4.78 is 15.8. The molecule has 2 amide bonds. The van der Waals surface area contributed by atoms with E-state index in [2.05, 4.69) is 25.9 Å². The zero-order valence-corrected chi connectivity index (χ0v) is 18.4. The van der Waals surface area contributed by atoms with Crippen LogP contribution in [0.25, 0.3) is 22.2 Å². The van der Waals surface area contributed by atoms with Gasteiger partial charge in [0.1, 0.15) is 11.5 Å². The molecule has 0 aliphatic heterocycles. The third-order valence-electron chi connectivity index (χ3n) is 5.84. The van der Waals surface area contributed by atoms with Gasteiger partial charge in [-0.1, -0.05) is 25.3 Å². The first kappa shape index (κ1) is 22.7. The van der Waals surface area contributed by atoms with Crippen molar-refractivity contribution in [2.75, 3.05) is 24.3 Å². The molecule has 0 unspecified atom stereocenters. The molecule has 174 valence electrons. The normalized spacial score (nSPS) is 14.3. The van der Waals surface area contributed by atoms with Crippen molar-refractivity contribution in [3.63, 3.8) is 0 Å². The topological polar surface area (TPSA) is 121 Å². The molecule has 0 spiro atoms. The Bertz CT molecular complexity index is 1220. The number of aliphatic hydroxyl groups is 1. The zero-order valence-electron chi connectivity index (χ0n) is 18.4. The third kappa shape index (κ3) is 4.95. The highest BCUT2D eigenvalue weighted by molar-refractivity contribution is 5.91. The fourth-order valence-corrected chi connectivity index (χ4v) is 4.17. The molecule has 1 aliphatic carbocycles. The number of amides is 2. The molecule has 1 aliphatic rings. The average molecular weight is 455 g/mol. The van der Waals surface area contributed by atoms with Gasteiger partial charge in [-0.2, -0.15) is 4.98 Å². The Morgan fingerprint density at radius 1 is 1.24 bits per heavy atom. The van der Waals surface area contributed by atoms with Crippen molar-refractivity contribution in [2.45, 2.75) is 44.7 Å². The van der Waals surface area contributed by atoms with E-state index in [1.807, 2.05) is 0 Å². The molecule has 4 rings (SSSR count). The lowest BCUT2D eigenvalue weighted by molar-refractivity contribution is 0.244. The molecule has 0 radical (unpaired) electrons. The second-order valence-corrected chi connectivity index (χ2v) is 8.09. The van der Waals surface area contributed by atoms with E-state index in [1.54, 1.807) is 19.3 Å². The summed E-state index contributed by atoms with van der Waals surface area (Å²) in [5.74, 6) is -0.255. The molecule has 4 N–H and O–H groups in total. The minimum atomic E-state index is -0.601. The minimum Gasteiger partial charge on any atom is -0.395 e. The van der Waals surface area contributed by atoms with Gasteiger partial charge in [0.05, 0.1) is 18.8 Å². The van der Waals surface area contributed by atoms with Crippen molar-refractivity contribution in [3.05, 3.63) is 46.6 Å². The molecule has 2 heterocycles. The quantitative estimate of drug-likeness (QED) is 0.454. The van der Waals surface area contributed by atoms with Crippen LogP contribution in [0.15, 0.2) is 35.3 Å². The summed E-state index contributed by atoms with van der Waals surface area (Å²) in [4.78, 5) is 34.2. The predicted molar refractivity (Wildman–Crippen MR) is 125 cm³/mol. The van der Waals surface area contributed by atoms with Crippen LogP contribution in [-0.2, 0) is 6.54 Å². The molecule has 1 fully saturated rings. The first-order chi connectivity index (χ1) is 16.0. The van der Waals surface area contributed by atoms with Crippen LogP contribution in [0, 0.1) is 5.82 Å². The smallest absolute Gasteiger partial charge is 0.319 e. The summed E-state index contributed by atoms with van der Waals surface area (Å²) in [5.41, 5.74) is 0.690. The largest absolute Gasteiger partial charge is 0.395 e. The van der Waals surface area contributed by atoms with E-state index in [1.165, 1.54) is 22.8 Å². The molecule has 33 heavy (non-hydrogen) atoms. The summed E-state index contributed by atoms with van der Waals surface area (Å²) in [6, 6.07) is 5.37. The second-order valence-electron chi connectivity index (χ2n) is 8.09. The van der Waals surface area contributed by atoms with Crippen LogP contribution in [0.5, 0.6) is 0 Å². The zero-order chi connectivity index (χ0) is 23.4. The Labute approximate surface area is 190 Å². The number of hydrogen-bond acceptors (Lipinski definition) is 6. The number of aromatic nitrogens is 3. The maximum Gasteiger partial charge on any atom is 0.319 e. The van der Waals surface area contributed by atoms with Gasteiger partial charge in [-0.3, -0.25) is 9.36 Å². The molecule has 1 saturated carbocycles. The summed E-state index contributed by atoms with van der Waals surface area (Å²) in [6.45, 7) is -0.214. The second kappa shape index (κ2) is 9.95. The van der Waals surface area contributed by atoms with Crippen molar-refractivity contribution < 1.29 is 14.3 Å². The van der Waals surface area contributed by atoms with Gasteiger partial charge in [0.25, 0.3) is 5.56 Å². The Morgan fingerprint density at radius 3 is 2.76 bits per heavy atom. The Kier molecular flexibility index (Phi) is 6.83. The molecule has 0 saturated heterocycles. The van der Waals surface area contributed by atoms with Crippen LogP contribution in [0.4, 0.5) is 20.8 Å². The molecule has 3 aromatic rings. The van der Waals surface area contributed by atoms with Crippen LogP contribution in [0.1, 0.15) is 32.1 Å². The maximum absolute atomic E-state index is 14.5. The van der Waals surface area contributed by atoms with E-state index in [9.17, 15) is 19.1 Å². The number of nitrogens with one attached hydrogen (secondary N) is 3. The molecule has 9 nitrogen and oxygen atoms in total. The van der Waals surface area contributed by atoms with Crippen LogP contribution < -0.4 is 21.5 Å². The SMILES string of the molecule is CNc1ncc2cc(-c3ccc(F)c(NC(=O)NC4CCCCC4)c3)c(=O)n(CCO)c2n1. The Hall–Kier alpha value is -3.53. The van der Waals surface area contributed by atoms with Gasteiger partial charge < -0.3 is 21.1 Å². The van der Waals surface area contributed by atoms with Gasteiger partial charge in [0, 0.05) is 30.2 Å². The number of carbonyl (C=O) groups excluding carboxylic acids is 1. The number of benzene rings is 1. The first-order valence-electron chi connectivity index (χ1n) is 11.1. The lowest BCUT2D eigenvalue weighted by Gasteiger charge is -2.23. The van der Waals surface area contributed by atoms with E-state index < -0.39 is 11.8 Å². The van der Waals surface area contributed by atoms with Gasteiger partial charge in [0.2, 0.25) is 5.95 Å². The summed E-state index contributed by atoms with van der Waals surface area (Å²) in [6.07, 6.45) is 6.69. The Balaban J connectivity index is 1.68. The average Bonchev–Trinajstić information content (AvgIpc) is 2.82. The van der Waals surface area contributed by atoms with Crippen molar-refractivity contribution in [3.8, 4) is 11.1 Å². The lowest BCUT2D eigenvalue weighted by Crippen LogP contribution is -2.39. The summed E-state index contributed by atoms with van der Waals surface area (Å²) in [5, 5.41) is 18.4. The number of nitrogens with zero attached hydrogens (tertiary/aromatic N) is 3. The van der Waals surface area contributed by atoms with Gasteiger partial charge >= 0.3 is 6.03 Å². The maximum atomic E-state index is 14.5. The number of aliphatic hydroxyl groups excluding tert-OH is 1. The van der Waals surface area contributed by atoms with E-state index >= 15 is 0 Å². The highest BCUT2D eigenvalue weighted by Gasteiger charge is 2.18. The van der Waals surface area contributed by atoms with Crippen LogP contribution in [-0.4, -0.2) is 45.4 Å². The van der Waals surface area contributed by atoms with Gasteiger partial charge in [-0.05, 0) is 36.6 Å². The molecule has 0 atom stereocenters. The lowest BCUT2D eigenvalue weighted by atomic mass is 9.96. The van der Waals surface area contributed by atoms with E-state index in [4.69, 9.17) is 0 Å². The van der Waals surface area contributed by atoms with Crippen LogP contribution in [0.2, 0.25) is 0 Å². The summed E-state index contributed by atoms with van der Waals surface area (Å²) >= 11 is 0. The number of pyridine rings is 1. The highest BCUT2D eigenvalue weighted by atomic mass is 19.1. The van der Waals surface area contributed by atoms with Crippen LogP contribution in [0.3, 0.4) is 0 Å². The molecular formula is C23H27FN6O3. The molecule has 2 aromatic heterocycles. The van der Waals surface area contributed by atoms with E-state index in [0.29, 0.717) is 22.5 Å². The number of urea groups is 1. The fourth-order valence-electron chi connectivity index (χ4n) is 4.17. The van der Waals surface area contributed by atoms with Gasteiger partial charge in [-0.25, -0.2) is 14.2 Å². The number of halogens is 1. The van der Waals surface area contributed by atoms with Crippen LogP contribution >= 0.6 is 0 Å².